The molecule has 0 aliphatic carbocycles. The number of nitro groups is 1. The number of amides is 2. The number of carbonyl (C=O) groups excluding carboxylic acids is 3. The maximum atomic E-state index is 13.1. The van der Waals surface area contributed by atoms with Gasteiger partial charge < -0.3 is 15.4 Å². The second kappa shape index (κ2) is 11.8. The number of esters is 1. The minimum absolute atomic E-state index is 0.0412. The normalized spacial score (nSPS) is 12.2. The number of ether oxygens (including phenoxy) is 1. The summed E-state index contributed by atoms with van der Waals surface area (Å²) in [6.45, 7) is 1.34. The van der Waals surface area contributed by atoms with Crippen molar-refractivity contribution in [3.05, 3.63) is 105 Å². The van der Waals surface area contributed by atoms with Crippen molar-refractivity contribution in [1.29, 1.82) is 0 Å². The van der Waals surface area contributed by atoms with Crippen LogP contribution in [-0.2, 0) is 19.1 Å². The number of hydrogen-bond donors (Lipinski definition) is 2. The predicted octanol–water partition coefficient (Wildman–Crippen LogP) is 4.74. The van der Waals surface area contributed by atoms with Crippen LogP contribution >= 0.6 is 11.6 Å². The second-order valence-electron chi connectivity index (χ2n) is 7.56. The molecule has 3 aromatic rings. The number of nitrogens with zero attached hydrogens (tertiary/aromatic N) is 1. The van der Waals surface area contributed by atoms with Gasteiger partial charge in [-0.1, -0.05) is 72.3 Å². The summed E-state index contributed by atoms with van der Waals surface area (Å²) in [5, 5.41) is 16.2. The Kier molecular flexibility index (Phi) is 8.53. The van der Waals surface area contributed by atoms with Crippen molar-refractivity contribution in [1.82, 2.24) is 5.32 Å². The molecule has 0 bridgehead atoms. The van der Waals surface area contributed by atoms with Gasteiger partial charge in [0.15, 0.2) is 0 Å². The van der Waals surface area contributed by atoms with Gasteiger partial charge in [-0.3, -0.25) is 24.5 Å². The van der Waals surface area contributed by atoms with Crippen LogP contribution in [0.5, 0.6) is 0 Å². The van der Waals surface area contributed by atoms with Gasteiger partial charge in [-0.2, -0.15) is 0 Å². The first-order chi connectivity index (χ1) is 16.7. The molecule has 180 valence electrons. The van der Waals surface area contributed by atoms with Crippen LogP contribution in [0.15, 0.2) is 78.9 Å². The number of carbonyl (C=O) groups is 3. The number of nitro benzene ring substituents is 1. The highest BCUT2D eigenvalue weighted by atomic mass is 35.5. The van der Waals surface area contributed by atoms with E-state index >= 15 is 0 Å². The fraction of sp³-hybridized carbons (Fsp3) is 0.160. The summed E-state index contributed by atoms with van der Waals surface area (Å²) in [4.78, 5) is 48.0. The van der Waals surface area contributed by atoms with Crippen molar-refractivity contribution in [3.8, 4) is 0 Å². The number of nitrogens with one attached hydrogen (secondary N) is 2. The van der Waals surface area contributed by atoms with E-state index in [0.717, 1.165) is 6.07 Å². The summed E-state index contributed by atoms with van der Waals surface area (Å²) >= 11 is 6.09. The number of non-ortho nitro benzene ring substituents is 1. The highest BCUT2D eigenvalue weighted by Gasteiger charge is 2.28. The number of halogens is 1. The molecule has 0 saturated carbocycles. The van der Waals surface area contributed by atoms with Crippen LogP contribution in [0.1, 0.15) is 36.6 Å². The average molecular weight is 496 g/mol. The van der Waals surface area contributed by atoms with Gasteiger partial charge in [-0.15, -0.1) is 0 Å². The number of rotatable bonds is 9. The van der Waals surface area contributed by atoms with Crippen LogP contribution < -0.4 is 10.6 Å². The highest BCUT2D eigenvalue weighted by molar-refractivity contribution is 6.34. The zero-order valence-corrected chi connectivity index (χ0v) is 19.4. The fourth-order valence-corrected chi connectivity index (χ4v) is 3.57. The molecule has 2 amide bonds. The Morgan fingerprint density at radius 1 is 0.971 bits per heavy atom. The Morgan fingerprint density at radius 3 is 2.11 bits per heavy atom. The molecule has 35 heavy (non-hydrogen) atoms. The van der Waals surface area contributed by atoms with Gasteiger partial charge in [0, 0.05) is 24.6 Å². The molecule has 3 aromatic carbocycles. The Balaban J connectivity index is 1.81. The monoisotopic (exact) mass is 495 g/mol. The molecule has 0 aromatic heterocycles. The van der Waals surface area contributed by atoms with Gasteiger partial charge in [0.25, 0.3) is 11.6 Å². The minimum atomic E-state index is -1.33. The topological polar surface area (TPSA) is 128 Å². The van der Waals surface area contributed by atoms with Crippen LogP contribution in [0.2, 0.25) is 5.02 Å². The second-order valence-corrected chi connectivity index (χ2v) is 7.97. The fourth-order valence-electron chi connectivity index (χ4n) is 3.35. The van der Waals surface area contributed by atoms with E-state index in [-0.39, 0.29) is 28.7 Å². The summed E-state index contributed by atoms with van der Waals surface area (Å²) in [5.41, 5.74) is 1.01. The summed E-state index contributed by atoms with van der Waals surface area (Å²) in [6, 6.07) is 20.2. The zero-order chi connectivity index (χ0) is 25.4. The van der Waals surface area contributed by atoms with Gasteiger partial charge in [0.1, 0.15) is 0 Å². The van der Waals surface area contributed by atoms with E-state index < -0.39 is 28.9 Å². The molecule has 9 nitrogen and oxygen atoms in total. The largest absolute Gasteiger partial charge is 0.447 e. The number of anilines is 1. The molecular formula is C25H22ClN3O6. The highest BCUT2D eigenvalue weighted by Crippen LogP contribution is 2.29. The van der Waals surface area contributed by atoms with Gasteiger partial charge in [-0.25, -0.2) is 0 Å². The van der Waals surface area contributed by atoms with E-state index in [1.54, 1.807) is 54.6 Å². The van der Waals surface area contributed by atoms with Crippen molar-refractivity contribution < 1.29 is 24.0 Å². The molecular weight excluding hydrogens is 474 g/mol. The Hall–Kier alpha value is -4.24. The lowest BCUT2D eigenvalue weighted by molar-refractivity contribution is -0.384. The van der Waals surface area contributed by atoms with E-state index in [1.807, 2.05) is 6.07 Å². The van der Waals surface area contributed by atoms with Gasteiger partial charge in [-0.05, 0) is 11.6 Å². The summed E-state index contributed by atoms with van der Waals surface area (Å²) in [7, 11) is 0. The molecule has 0 aliphatic heterocycles. The summed E-state index contributed by atoms with van der Waals surface area (Å²) in [5.74, 6) is -1.74. The lowest BCUT2D eigenvalue weighted by atomic mass is 10.0. The first kappa shape index (κ1) is 25.4. The van der Waals surface area contributed by atoms with E-state index in [2.05, 4.69) is 10.6 Å². The molecule has 0 saturated heterocycles. The smallest absolute Gasteiger partial charge is 0.309 e. The van der Waals surface area contributed by atoms with Crippen molar-refractivity contribution in [2.24, 2.45) is 0 Å². The first-order valence-electron chi connectivity index (χ1n) is 10.6. The number of benzene rings is 3. The van der Waals surface area contributed by atoms with Crippen LogP contribution in [0, 0.1) is 10.1 Å². The van der Waals surface area contributed by atoms with E-state index in [0.29, 0.717) is 11.1 Å². The quantitative estimate of drug-likeness (QED) is 0.251. The maximum absolute atomic E-state index is 13.1. The lowest BCUT2D eigenvalue weighted by Gasteiger charge is -2.21. The van der Waals surface area contributed by atoms with Crippen molar-refractivity contribution in [2.75, 3.05) is 5.32 Å². The third kappa shape index (κ3) is 7.12. The first-order valence-corrected chi connectivity index (χ1v) is 10.9. The minimum Gasteiger partial charge on any atom is -0.447 e. The van der Waals surface area contributed by atoms with Crippen molar-refractivity contribution in [2.45, 2.75) is 25.5 Å². The van der Waals surface area contributed by atoms with E-state index in [1.165, 1.54) is 19.1 Å². The lowest BCUT2D eigenvalue weighted by Crippen LogP contribution is -2.31. The molecule has 0 radical (unpaired) electrons. The third-order valence-corrected chi connectivity index (χ3v) is 5.27. The molecule has 2 N–H and O–H groups in total. The van der Waals surface area contributed by atoms with Gasteiger partial charge >= 0.3 is 5.97 Å². The Labute approximate surface area is 206 Å². The summed E-state index contributed by atoms with van der Waals surface area (Å²) in [6.07, 6.45) is -1.54. The SMILES string of the molecule is CC(=O)N[C@H](CC(=O)O[C@H](C(=O)Nc1ccc([N+](=O)[O-])cc1Cl)c1ccccc1)c1ccccc1. The molecule has 0 unspecified atom stereocenters. The van der Waals surface area contributed by atoms with Crippen LogP contribution in [0.3, 0.4) is 0 Å². The van der Waals surface area contributed by atoms with E-state index in [4.69, 9.17) is 16.3 Å². The van der Waals surface area contributed by atoms with Crippen LogP contribution in [0.25, 0.3) is 0 Å². The van der Waals surface area contributed by atoms with Crippen molar-refractivity contribution in [3.63, 3.8) is 0 Å². The van der Waals surface area contributed by atoms with Gasteiger partial charge in [0.05, 0.1) is 28.1 Å². The molecule has 2 atom stereocenters. The molecule has 0 spiro atoms. The molecule has 10 heteroatoms. The van der Waals surface area contributed by atoms with Crippen LogP contribution in [-0.4, -0.2) is 22.7 Å². The average Bonchev–Trinajstić information content (AvgIpc) is 2.84. The molecule has 0 heterocycles. The molecule has 3 rings (SSSR count). The predicted molar refractivity (Wildman–Crippen MR) is 130 cm³/mol. The third-order valence-electron chi connectivity index (χ3n) is 4.96. The van der Waals surface area contributed by atoms with Crippen LogP contribution in [0.4, 0.5) is 11.4 Å². The number of hydrogen-bond acceptors (Lipinski definition) is 6. The maximum Gasteiger partial charge on any atom is 0.309 e. The van der Waals surface area contributed by atoms with E-state index in [9.17, 15) is 24.5 Å². The van der Waals surface area contributed by atoms with Gasteiger partial charge in [0.2, 0.25) is 12.0 Å². The van der Waals surface area contributed by atoms with Crippen molar-refractivity contribution >= 4 is 40.8 Å². The zero-order valence-electron chi connectivity index (χ0n) is 18.6. The standard InChI is InChI=1S/C25H22ClN3O6/c1-16(30)27-22(17-8-4-2-5-9-17)15-23(31)35-24(18-10-6-3-7-11-18)25(32)28-21-13-12-19(29(33)34)14-20(21)26/h2-14,22,24H,15H2,1H3,(H,27,30)(H,28,32)/t22-,24+/m1/s1. The summed E-state index contributed by atoms with van der Waals surface area (Å²) < 4.78 is 5.55. The Bertz CT molecular complexity index is 1220. The molecule has 0 aliphatic rings. The molecule has 0 fully saturated rings. The Morgan fingerprint density at radius 2 is 1.57 bits per heavy atom.